The van der Waals surface area contributed by atoms with Gasteiger partial charge >= 0.3 is 0 Å². The molecule has 2 aromatic rings. The lowest BCUT2D eigenvalue weighted by molar-refractivity contribution is 0.190. The van der Waals surface area contributed by atoms with Gasteiger partial charge in [-0.15, -0.1) is 0 Å². The summed E-state index contributed by atoms with van der Waals surface area (Å²) < 4.78 is 7.17. The third-order valence-electron chi connectivity index (χ3n) is 2.73. The molecule has 0 aliphatic rings. The van der Waals surface area contributed by atoms with Crippen LogP contribution < -0.4 is 5.32 Å². The summed E-state index contributed by atoms with van der Waals surface area (Å²) in [5, 5.41) is 4.00. The molecule has 1 heterocycles. The number of hydrogen-bond donors (Lipinski definition) is 1. The fourth-order valence-corrected chi connectivity index (χ4v) is 2.08. The molecule has 0 fully saturated rings. The Balaban J connectivity index is 2.10. The maximum absolute atomic E-state index is 5.97. The van der Waals surface area contributed by atoms with Crippen molar-refractivity contribution in [2.24, 2.45) is 0 Å². The second kappa shape index (κ2) is 6.59. The highest BCUT2D eigenvalue weighted by molar-refractivity contribution is 6.30. The first-order valence-electron chi connectivity index (χ1n) is 6.24. The quantitative estimate of drug-likeness (QED) is 0.821. The molecule has 102 valence electrons. The van der Waals surface area contributed by atoms with Gasteiger partial charge in [0.2, 0.25) is 5.95 Å². The van der Waals surface area contributed by atoms with Crippen molar-refractivity contribution in [3.8, 4) is 0 Å². The SMILES string of the molecule is COCCCn1cc(C)nc1Nc1cccc(Cl)c1. The zero-order chi connectivity index (χ0) is 13.7. The first-order valence-corrected chi connectivity index (χ1v) is 6.62. The molecule has 0 aliphatic heterocycles. The van der Waals surface area contributed by atoms with Crippen molar-refractivity contribution in [2.75, 3.05) is 19.0 Å². The summed E-state index contributed by atoms with van der Waals surface area (Å²) in [5.41, 5.74) is 1.92. The molecular weight excluding hydrogens is 262 g/mol. The Bertz CT molecular complexity index is 539. The fraction of sp³-hybridized carbons (Fsp3) is 0.357. The van der Waals surface area contributed by atoms with Crippen molar-refractivity contribution < 1.29 is 4.74 Å². The number of hydrogen-bond acceptors (Lipinski definition) is 3. The molecule has 0 unspecified atom stereocenters. The molecule has 19 heavy (non-hydrogen) atoms. The highest BCUT2D eigenvalue weighted by Crippen LogP contribution is 2.20. The van der Waals surface area contributed by atoms with E-state index < -0.39 is 0 Å². The van der Waals surface area contributed by atoms with Crippen LogP contribution in [0.2, 0.25) is 5.02 Å². The van der Waals surface area contributed by atoms with Gasteiger partial charge in [0.25, 0.3) is 0 Å². The number of benzene rings is 1. The standard InChI is InChI=1S/C14H18ClN3O/c1-11-10-18(7-4-8-19-2)14(16-11)17-13-6-3-5-12(15)9-13/h3,5-6,9-10H,4,7-8H2,1-2H3,(H,16,17). The highest BCUT2D eigenvalue weighted by atomic mass is 35.5. The molecule has 0 amide bonds. The van der Waals surface area contributed by atoms with Crippen molar-refractivity contribution in [3.05, 3.63) is 41.2 Å². The van der Waals surface area contributed by atoms with Crippen LogP contribution in [-0.4, -0.2) is 23.3 Å². The zero-order valence-corrected chi connectivity index (χ0v) is 11.9. The van der Waals surface area contributed by atoms with E-state index in [2.05, 4.69) is 14.9 Å². The van der Waals surface area contributed by atoms with Gasteiger partial charge in [0, 0.05) is 37.2 Å². The minimum Gasteiger partial charge on any atom is -0.385 e. The summed E-state index contributed by atoms with van der Waals surface area (Å²) in [6.45, 7) is 3.60. The normalized spacial score (nSPS) is 10.7. The number of halogens is 1. The number of ether oxygens (including phenoxy) is 1. The van der Waals surface area contributed by atoms with Gasteiger partial charge in [-0.3, -0.25) is 0 Å². The van der Waals surface area contributed by atoms with Crippen LogP contribution in [0.1, 0.15) is 12.1 Å². The summed E-state index contributed by atoms with van der Waals surface area (Å²) in [7, 11) is 1.71. The Labute approximate surface area is 118 Å². The smallest absolute Gasteiger partial charge is 0.207 e. The van der Waals surface area contributed by atoms with Crippen molar-refractivity contribution in [2.45, 2.75) is 19.9 Å². The Morgan fingerprint density at radius 2 is 2.26 bits per heavy atom. The van der Waals surface area contributed by atoms with Gasteiger partial charge < -0.3 is 14.6 Å². The van der Waals surface area contributed by atoms with Gasteiger partial charge in [-0.05, 0) is 31.5 Å². The van der Waals surface area contributed by atoms with Gasteiger partial charge in [-0.1, -0.05) is 17.7 Å². The Morgan fingerprint density at radius 1 is 1.42 bits per heavy atom. The summed E-state index contributed by atoms with van der Waals surface area (Å²) in [6, 6.07) is 7.61. The predicted molar refractivity (Wildman–Crippen MR) is 78.2 cm³/mol. The van der Waals surface area contributed by atoms with Crippen LogP contribution in [0.4, 0.5) is 11.6 Å². The van der Waals surface area contributed by atoms with E-state index in [1.54, 1.807) is 7.11 Å². The van der Waals surface area contributed by atoms with Crippen LogP contribution in [0.3, 0.4) is 0 Å². The Hall–Kier alpha value is -1.52. The van der Waals surface area contributed by atoms with Crippen molar-refractivity contribution in [3.63, 3.8) is 0 Å². The van der Waals surface area contributed by atoms with Gasteiger partial charge in [0.15, 0.2) is 0 Å². The van der Waals surface area contributed by atoms with Crippen LogP contribution in [0.5, 0.6) is 0 Å². The summed E-state index contributed by atoms with van der Waals surface area (Å²) in [5.74, 6) is 0.830. The maximum Gasteiger partial charge on any atom is 0.207 e. The number of anilines is 2. The lowest BCUT2D eigenvalue weighted by atomic mass is 10.3. The maximum atomic E-state index is 5.97. The molecule has 4 nitrogen and oxygen atoms in total. The van der Waals surface area contributed by atoms with Crippen LogP contribution in [0.15, 0.2) is 30.5 Å². The van der Waals surface area contributed by atoms with Gasteiger partial charge in [0.1, 0.15) is 0 Å². The van der Waals surface area contributed by atoms with E-state index in [-0.39, 0.29) is 0 Å². The van der Waals surface area contributed by atoms with E-state index >= 15 is 0 Å². The van der Waals surface area contributed by atoms with Crippen molar-refractivity contribution in [1.82, 2.24) is 9.55 Å². The molecule has 0 atom stereocenters. The summed E-state index contributed by atoms with van der Waals surface area (Å²) in [6.07, 6.45) is 2.99. The molecule has 5 heteroatoms. The number of rotatable bonds is 6. The lowest BCUT2D eigenvalue weighted by Gasteiger charge is -2.09. The van der Waals surface area contributed by atoms with Crippen molar-refractivity contribution in [1.29, 1.82) is 0 Å². The molecule has 0 spiro atoms. The molecule has 0 bridgehead atoms. The Morgan fingerprint density at radius 3 is 3.00 bits per heavy atom. The predicted octanol–water partition coefficient (Wildman–Crippen LogP) is 3.63. The van der Waals surface area contributed by atoms with Gasteiger partial charge in [-0.25, -0.2) is 4.98 Å². The summed E-state index contributed by atoms with van der Waals surface area (Å²) >= 11 is 5.97. The third kappa shape index (κ3) is 3.98. The number of nitrogens with zero attached hydrogens (tertiary/aromatic N) is 2. The highest BCUT2D eigenvalue weighted by Gasteiger charge is 2.06. The van der Waals surface area contributed by atoms with E-state index in [9.17, 15) is 0 Å². The molecular formula is C14H18ClN3O. The first kappa shape index (κ1) is 13.9. The van der Waals surface area contributed by atoms with E-state index in [4.69, 9.17) is 16.3 Å². The van der Waals surface area contributed by atoms with Crippen LogP contribution in [-0.2, 0) is 11.3 Å². The number of imidazole rings is 1. The average Bonchev–Trinajstić information content (AvgIpc) is 2.70. The number of nitrogens with one attached hydrogen (secondary N) is 1. The van der Waals surface area contributed by atoms with Crippen LogP contribution in [0.25, 0.3) is 0 Å². The number of aromatic nitrogens is 2. The molecule has 0 aliphatic carbocycles. The zero-order valence-electron chi connectivity index (χ0n) is 11.2. The van der Waals surface area contributed by atoms with Crippen molar-refractivity contribution >= 4 is 23.2 Å². The molecule has 0 saturated carbocycles. The molecule has 1 aromatic heterocycles. The summed E-state index contributed by atoms with van der Waals surface area (Å²) in [4.78, 5) is 4.48. The molecule has 1 N–H and O–H groups in total. The minimum absolute atomic E-state index is 0.708. The average molecular weight is 280 g/mol. The van der Waals surface area contributed by atoms with E-state index in [0.717, 1.165) is 36.9 Å². The van der Waals surface area contributed by atoms with Crippen LogP contribution in [0, 0.1) is 6.92 Å². The van der Waals surface area contributed by atoms with Gasteiger partial charge in [-0.2, -0.15) is 0 Å². The molecule has 0 saturated heterocycles. The largest absolute Gasteiger partial charge is 0.385 e. The molecule has 2 rings (SSSR count). The first-order chi connectivity index (χ1) is 9.19. The van der Waals surface area contributed by atoms with Gasteiger partial charge in [0.05, 0.1) is 5.69 Å². The topological polar surface area (TPSA) is 39.1 Å². The monoisotopic (exact) mass is 279 g/mol. The van der Waals surface area contributed by atoms with E-state index in [0.29, 0.717) is 5.02 Å². The molecule has 0 radical (unpaired) electrons. The van der Waals surface area contributed by atoms with E-state index in [1.165, 1.54) is 0 Å². The number of aryl methyl sites for hydroxylation is 2. The fourth-order valence-electron chi connectivity index (χ4n) is 1.89. The second-order valence-corrected chi connectivity index (χ2v) is 4.82. The minimum atomic E-state index is 0.708. The molecule has 1 aromatic carbocycles. The van der Waals surface area contributed by atoms with Crippen LogP contribution >= 0.6 is 11.6 Å². The lowest BCUT2D eigenvalue weighted by Crippen LogP contribution is -2.05. The third-order valence-corrected chi connectivity index (χ3v) is 2.96. The Kier molecular flexibility index (Phi) is 4.82. The second-order valence-electron chi connectivity index (χ2n) is 4.38. The van der Waals surface area contributed by atoms with E-state index in [1.807, 2.05) is 37.4 Å². The number of methoxy groups -OCH3 is 1.